The molecule has 1 aliphatic heterocycles. The lowest BCUT2D eigenvalue weighted by Gasteiger charge is -2.39. The van der Waals surface area contributed by atoms with Crippen LogP contribution in [0.3, 0.4) is 0 Å². The molecular weight excluding hydrogens is 270 g/mol. The summed E-state index contributed by atoms with van der Waals surface area (Å²) < 4.78 is 0. The summed E-state index contributed by atoms with van der Waals surface area (Å²) in [6, 6.07) is 2.57. The summed E-state index contributed by atoms with van der Waals surface area (Å²) in [4.78, 5) is 15.1. The van der Waals surface area contributed by atoms with Crippen molar-refractivity contribution in [3.05, 3.63) is 21.9 Å². The van der Waals surface area contributed by atoms with Gasteiger partial charge in [0.05, 0.1) is 6.04 Å². The van der Waals surface area contributed by atoms with Gasteiger partial charge in [0, 0.05) is 16.8 Å². The minimum Gasteiger partial charge on any atom is -0.369 e. The van der Waals surface area contributed by atoms with E-state index in [0.717, 1.165) is 32.4 Å². The molecule has 2 atom stereocenters. The smallest absolute Gasteiger partial charge is 0.220 e. The number of thiophene rings is 1. The molecule has 0 bridgehead atoms. The molecule has 4 N–H and O–H groups in total. The van der Waals surface area contributed by atoms with Crippen molar-refractivity contribution in [2.24, 2.45) is 17.4 Å². The maximum absolute atomic E-state index is 11.3. The van der Waals surface area contributed by atoms with E-state index in [1.165, 1.54) is 10.4 Å². The van der Waals surface area contributed by atoms with Crippen LogP contribution in [0, 0.1) is 12.8 Å². The molecule has 0 saturated carbocycles. The van der Waals surface area contributed by atoms with Gasteiger partial charge in [0.1, 0.15) is 0 Å². The zero-order valence-electron chi connectivity index (χ0n) is 12.3. The van der Waals surface area contributed by atoms with Gasteiger partial charge in [0.15, 0.2) is 0 Å². The van der Waals surface area contributed by atoms with Crippen molar-refractivity contribution in [3.8, 4) is 0 Å². The highest BCUT2D eigenvalue weighted by Crippen LogP contribution is 2.34. The van der Waals surface area contributed by atoms with Crippen LogP contribution >= 0.6 is 11.3 Å². The van der Waals surface area contributed by atoms with Crippen LogP contribution in [0.15, 0.2) is 11.4 Å². The molecule has 1 saturated heterocycles. The van der Waals surface area contributed by atoms with Crippen molar-refractivity contribution in [1.29, 1.82) is 0 Å². The number of amides is 1. The van der Waals surface area contributed by atoms with Crippen molar-refractivity contribution < 1.29 is 4.79 Å². The fraction of sp³-hybridized carbons (Fsp3) is 0.667. The number of hydrogen-bond donors (Lipinski definition) is 2. The average Bonchev–Trinajstić information content (AvgIpc) is 2.85. The van der Waals surface area contributed by atoms with E-state index in [-0.39, 0.29) is 23.9 Å². The fourth-order valence-electron chi connectivity index (χ4n) is 3.00. The Kier molecular flexibility index (Phi) is 5.18. The first-order valence-corrected chi connectivity index (χ1v) is 8.25. The molecule has 1 amide bonds. The molecule has 0 aliphatic carbocycles. The molecule has 2 rings (SSSR count). The summed E-state index contributed by atoms with van der Waals surface area (Å²) in [6.45, 7) is 6.10. The Hall–Kier alpha value is -0.910. The second-order valence-corrected chi connectivity index (χ2v) is 6.65. The third-order valence-corrected chi connectivity index (χ3v) is 5.46. The Morgan fingerprint density at radius 3 is 2.60 bits per heavy atom. The SMILES string of the molecule is CCC(N)C(c1sccc1C)N1CCC(C(N)=O)CC1. The number of carbonyl (C=O) groups excluding carboxylic acids is 1. The van der Waals surface area contributed by atoms with Gasteiger partial charge in [-0.1, -0.05) is 6.92 Å². The maximum Gasteiger partial charge on any atom is 0.220 e. The molecule has 0 radical (unpaired) electrons. The van der Waals surface area contributed by atoms with E-state index in [2.05, 4.69) is 30.2 Å². The second kappa shape index (κ2) is 6.70. The summed E-state index contributed by atoms with van der Waals surface area (Å²) >= 11 is 1.79. The number of nitrogens with zero attached hydrogens (tertiary/aromatic N) is 1. The summed E-state index contributed by atoms with van der Waals surface area (Å²) in [5, 5.41) is 2.14. The minimum absolute atomic E-state index is 0.0363. The van der Waals surface area contributed by atoms with Crippen LogP contribution in [0.25, 0.3) is 0 Å². The van der Waals surface area contributed by atoms with E-state index in [0.29, 0.717) is 0 Å². The molecule has 1 aromatic rings. The van der Waals surface area contributed by atoms with Crippen molar-refractivity contribution in [2.75, 3.05) is 13.1 Å². The average molecular weight is 295 g/mol. The highest BCUT2D eigenvalue weighted by Gasteiger charge is 2.32. The van der Waals surface area contributed by atoms with Crippen LogP contribution < -0.4 is 11.5 Å². The highest BCUT2D eigenvalue weighted by atomic mass is 32.1. The van der Waals surface area contributed by atoms with Gasteiger partial charge in [-0.3, -0.25) is 9.69 Å². The lowest BCUT2D eigenvalue weighted by atomic mass is 9.92. The molecular formula is C15H25N3OS. The number of likely N-dealkylation sites (tertiary alicyclic amines) is 1. The Bertz CT molecular complexity index is 452. The van der Waals surface area contributed by atoms with E-state index in [9.17, 15) is 4.79 Å². The van der Waals surface area contributed by atoms with Crippen molar-refractivity contribution in [1.82, 2.24) is 4.90 Å². The van der Waals surface area contributed by atoms with E-state index >= 15 is 0 Å². The second-order valence-electron chi connectivity index (χ2n) is 5.70. The molecule has 1 fully saturated rings. The van der Waals surface area contributed by atoms with Gasteiger partial charge in [0.2, 0.25) is 5.91 Å². The third-order valence-electron chi connectivity index (χ3n) is 4.37. The van der Waals surface area contributed by atoms with Crippen LogP contribution in [0.2, 0.25) is 0 Å². The third kappa shape index (κ3) is 3.22. The first-order valence-electron chi connectivity index (χ1n) is 7.37. The van der Waals surface area contributed by atoms with E-state index in [4.69, 9.17) is 11.5 Å². The van der Waals surface area contributed by atoms with Crippen molar-refractivity contribution >= 4 is 17.2 Å². The van der Waals surface area contributed by atoms with Crippen LogP contribution in [0.4, 0.5) is 0 Å². The number of primary amides is 1. The topological polar surface area (TPSA) is 72.3 Å². The van der Waals surface area contributed by atoms with Crippen molar-refractivity contribution in [3.63, 3.8) is 0 Å². The van der Waals surface area contributed by atoms with Crippen LogP contribution in [-0.2, 0) is 4.79 Å². The quantitative estimate of drug-likeness (QED) is 0.873. The van der Waals surface area contributed by atoms with Gasteiger partial charge in [-0.25, -0.2) is 0 Å². The summed E-state index contributed by atoms with van der Waals surface area (Å²) in [6.07, 6.45) is 2.66. The van der Waals surface area contributed by atoms with Gasteiger partial charge in [0.25, 0.3) is 0 Å². The minimum atomic E-state index is -0.159. The van der Waals surface area contributed by atoms with Crippen LogP contribution in [0.5, 0.6) is 0 Å². The van der Waals surface area contributed by atoms with E-state index < -0.39 is 0 Å². The maximum atomic E-state index is 11.3. The predicted octanol–water partition coefficient (Wildman–Crippen LogP) is 2.03. The number of aryl methyl sites for hydroxylation is 1. The van der Waals surface area contributed by atoms with E-state index in [1.807, 2.05) is 0 Å². The molecule has 1 aromatic heterocycles. The molecule has 20 heavy (non-hydrogen) atoms. The summed E-state index contributed by atoms with van der Waals surface area (Å²) in [5.41, 5.74) is 13.1. The molecule has 4 nitrogen and oxygen atoms in total. The zero-order valence-corrected chi connectivity index (χ0v) is 13.2. The first kappa shape index (κ1) is 15.5. The Morgan fingerprint density at radius 2 is 2.15 bits per heavy atom. The Balaban J connectivity index is 2.13. The molecule has 5 heteroatoms. The van der Waals surface area contributed by atoms with Gasteiger partial charge in [-0.15, -0.1) is 11.3 Å². The number of hydrogen-bond acceptors (Lipinski definition) is 4. The van der Waals surface area contributed by atoms with Crippen molar-refractivity contribution in [2.45, 2.75) is 45.2 Å². The lowest BCUT2D eigenvalue weighted by molar-refractivity contribution is -0.123. The normalized spacial score (nSPS) is 20.8. The number of piperidine rings is 1. The summed E-state index contributed by atoms with van der Waals surface area (Å²) in [7, 11) is 0. The lowest BCUT2D eigenvalue weighted by Crippen LogP contribution is -2.46. The fourth-order valence-corrected chi connectivity index (χ4v) is 4.14. The van der Waals surface area contributed by atoms with Crippen LogP contribution in [-0.4, -0.2) is 29.9 Å². The zero-order chi connectivity index (χ0) is 14.7. The van der Waals surface area contributed by atoms with Crippen LogP contribution in [0.1, 0.15) is 42.7 Å². The summed E-state index contributed by atoms with van der Waals surface area (Å²) in [5.74, 6) is -0.123. The monoisotopic (exact) mass is 295 g/mol. The first-order chi connectivity index (χ1) is 9.54. The van der Waals surface area contributed by atoms with Gasteiger partial charge in [-0.2, -0.15) is 0 Å². The van der Waals surface area contributed by atoms with Gasteiger partial charge >= 0.3 is 0 Å². The molecule has 1 aliphatic rings. The molecule has 2 unspecified atom stereocenters. The highest BCUT2D eigenvalue weighted by molar-refractivity contribution is 7.10. The van der Waals surface area contributed by atoms with Gasteiger partial charge < -0.3 is 11.5 Å². The molecule has 112 valence electrons. The molecule has 0 aromatic carbocycles. The molecule has 0 spiro atoms. The number of rotatable bonds is 5. The molecule has 2 heterocycles. The predicted molar refractivity (Wildman–Crippen MR) is 83.6 cm³/mol. The van der Waals surface area contributed by atoms with E-state index in [1.54, 1.807) is 11.3 Å². The number of nitrogens with two attached hydrogens (primary N) is 2. The Morgan fingerprint density at radius 1 is 1.50 bits per heavy atom. The van der Waals surface area contributed by atoms with Gasteiger partial charge in [-0.05, 0) is 56.3 Å². The largest absolute Gasteiger partial charge is 0.369 e. The number of carbonyl (C=O) groups is 1. The Labute approximate surface area is 125 Å². The standard InChI is InChI=1S/C15H25N3OS/c1-3-12(16)13(14-10(2)6-9-20-14)18-7-4-11(5-8-18)15(17)19/h6,9,11-13H,3-5,7-8,16H2,1-2H3,(H2,17,19).